The smallest absolute Gasteiger partial charge is 0.276 e. The number of nitrogens with two attached hydrogens (primary N) is 1. The van der Waals surface area contributed by atoms with Crippen LogP contribution in [0.1, 0.15) is 42.6 Å². The van der Waals surface area contributed by atoms with Crippen molar-refractivity contribution >= 4 is 35.0 Å². The fourth-order valence-corrected chi connectivity index (χ4v) is 4.61. The minimum atomic E-state index is -1.10. The molecule has 0 unspecified atom stereocenters. The number of hydrogen-bond donors (Lipinski definition) is 2. The summed E-state index contributed by atoms with van der Waals surface area (Å²) in [6.45, 7) is 0. The molecule has 2 amide bonds. The molecule has 0 atom stereocenters. The molecule has 0 spiro atoms. The van der Waals surface area contributed by atoms with Crippen LogP contribution in [0, 0.1) is 0 Å². The summed E-state index contributed by atoms with van der Waals surface area (Å²) in [5, 5.41) is 8.46. The number of rotatable bonds is 6. The van der Waals surface area contributed by atoms with Gasteiger partial charge in [0.05, 0.1) is 17.8 Å². The van der Waals surface area contributed by atoms with E-state index in [0.717, 1.165) is 24.8 Å². The number of ether oxygens (including phenoxy) is 1. The molecule has 0 saturated heterocycles. The first-order chi connectivity index (χ1) is 15.9. The van der Waals surface area contributed by atoms with Gasteiger partial charge < -0.3 is 15.8 Å². The fraction of sp³-hybridized carbons (Fsp3) is 0.292. The van der Waals surface area contributed by atoms with E-state index >= 15 is 0 Å². The number of carbonyl (C=O) groups is 2. The Bertz CT molecular complexity index is 1180. The number of nitrogens with one attached hydrogen (secondary N) is 1. The molecule has 9 heteroatoms. The number of nitrogens with zero attached hydrogens (tertiary/aromatic N) is 2. The number of halogens is 2. The third kappa shape index (κ3) is 4.43. The van der Waals surface area contributed by atoms with Crippen molar-refractivity contribution in [1.82, 2.24) is 15.1 Å². The number of carbonyl (C=O) groups excluding carboxylic acids is 2. The molecule has 1 aliphatic carbocycles. The van der Waals surface area contributed by atoms with Crippen molar-refractivity contribution in [3.05, 3.63) is 64.3 Å². The van der Waals surface area contributed by atoms with Crippen molar-refractivity contribution in [3.8, 4) is 22.7 Å². The molecular formula is C24H24Cl2N4O3. The topological polar surface area (TPSA) is 99.2 Å². The summed E-state index contributed by atoms with van der Waals surface area (Å²) in [5.41, 5.74) is 6.47. The zero-order chi connectivity index (χ0) is 23.6. The summed E-state index contributed by atoms with van der Waals surface area (Å²) in [4.78, 5) is 25.8. The monoisotopic (exact) mass is 486 g/mol. The summed E-state index contributed by atoms with van der Waals surface area (Å²) >= 11 is 12.5. The molecule has 33 heavy (non-hydrogen) atoms. The fourth-order valence-electron chi connectivity index (χ4n) is 4.27. The van der Waals surface area contributed by atoms with Crippen LogP contribution in [-0.4, -0.2) is 34.2 Å². The van der Waals surface area contributed by atoms with E-state index in [1.165, 1.54) is 7.11 Å². The van der Waals surface area contributed by atoms with E-state index in [1.807, 2.05) is 24.3 Å². The first-order valence-corrected chi connectivity index (χ1v) is 11.4. The van der Waals surface area contributed by atoms with Crippen LogP contribution in [0.4, 0.5) is 0 Å². The molecule has 7 nitrogen and oxygen atoms in total. The maximum atomic E-state index is 13.4. The second-order valence-corrected chi connectivity index (χ2v) is 8.91. The lowest BCUT2D eigenvalue weighted by Gasteiger charge is -2.34. The van der Waals surface area contributed by atoms with Gasteiger partial charge in [-0.25, -0.2) is 4.68 Å². The van der Waals surface area contributed by atoms with E-state index < -0.39 is 17.4 Å². The third-order valence-corrected chi connectivity index (χ3v) is 6.56. The molecule has 0 bridgehead atoms. The normalized spacial score (nSPS) is 15.1. The quantitative estimate of drug-likeness (QED) is 0.523. The molecule has 0 aliphatic heterocycles. The van der Waals surface area contributed by atoms with Crippen molar-refractivity contribution in [2.24, 2.45) is 5.73 Å². The maximum Gasteiger partial charge on any atom is 0.276 e. The zero-order valence-corrected chi connectivity index (χ0v) is 19.6. The van der Waals surface area contributed by atoms with E-state index in [0.29, 0.717) is 34.3 Å². The summed E-state index contributed by atoms with van der Waals surface area (Å²) in [6.07, 6.45) is 3.60. The summed E-state index contributed by atoms with van der Waals surface area (Å²) in [7, 11) is 1.47. The third-order valence-electron chi connectivity index (χ3n) is 5.99. The number of amides is 2. The van der Waals surface area contributed by atoms with Gasteiger partial charge >= 0.3 is 0 Å². The van der Waals surface area contributed by atoms with Crippen molar-refractivity contribution < 1.29 is 14.3 Å². The van der Waals surface area contributed by atoms with Gasteiger partial charge in [0.2, 0.25) is 5.91 Å². The Morgan fingerprint density at radius 3 is 2.33 bits per heavy atom. The first-order valence-electron chi connectivity index (χ1n) is 10.7. The molecule has 3 aromatic rings. The van der Waals surface area contributed by atoms with Gasteiger partial charge in [-0.3, -0.25) is 9.59 Å². The van der Waals surface area contributed by atoms with Gasteiger partial charge in [-0.05, 0) is 37.1 Å². The highest BCUT2D eigenvalue weighted by Gasteiger charge is 2.41. The Balaban J connectivity index is 1.86. The molecule has 1 aliphatic rings. The Kier molecular flexibility index (Phi) is 6.63. The van der Waals surface area contributed by atoms with Gasteiger partial charge in [0.15, 0.2) is 11.4 Å². The van der Waals surface area contributed by atoms with Crippen molar-refractivity contribution in [2.45, 2.75) is 37.6 Å². The molecule has 0 radical (unpaired) electrons. The van der Waals surface area contributed by atoms with Crippen LogP contribution in [0.15, 0.2) is 48.5 Å². The van der Waals surface area contributed by atoms with Crippen LogP contribution in [0.2, 0.25) is 10.0 Å². The molecule has 1 fully saturated rings. The standard InChI is InChI=1S/C24H24Cl2N4O3/c1-33-21-19(22(31)28-24(23(27)32)13-5-2-6-14-24)29-30(18-8-4-3-7-17(18)26)20(21)15-9-11-16(25)12-10-15/h3-4,7-12H,2,5-6,13-14H2,1H3,(H2,27,32)(H,28,31). The van der Waals surface area contributed by atoms with Crippen LogP contribution < -0.4 is 15.8 Å². The summed E-state index contributed by atoms with van der Waals surface area (Å²) in [5.74, 6) is -0.822. The Hall–Kier alpha value is -3.03. The van der Waals surface area contributed by atoms with Crippen molar-refractivity contribution in [2.75, 3.05) is 7.11 Å². The van der Waals surface area contributed by atoms with E-state index in [2.05, 4.69) is 10.4 Å². The molecule has 3 N–H and O–H groups in total. The van der Waals surface area contributed by atoms with Gasteiger partial charge in [-0.1, -0.05) is 66.7 Å². The van der Waals surface area contributed by atoms with Crippen LogP contribution in [0.25, 0.3) is 16.9 Å². The number of hydrogen-bond acceptors (Lipinski definition) is 4. The lowest BCUT2D eigenvalue weighted by Crippen LogP contribution is -2.58. The van der Waals surface area contributed by atoms with E-state index in [1.54, 1.807) is 28.9 Å². The first kappa shape index (κ1) is 23.1. The number of para-hydroxylation sites is 1. The number of aromatic nitrogens is 2. The largest absolute Gasteiger partial charge is 0.492 e. The predicted molar refractivity (Wildman–Crippen MR) is 128 cm³/mol. The van der Waals surface area contributed by atoms with E-state index in [9.17, 15) is 9.59 Å². The summed E-state index contributed by atoms with van der Waals surface area (Å²) < 4.78 is 7.24. The molecule has 1 aromatic heterocycles. The minimum absolute atomic E-state index is 0.0357. The lowest BCUT2D eigenvalue weighted by molar-refractivity contribution is -0.125. The lowest BCUT2D eigenvalue weighted by atomic mass is 9.81. The van der Waals surface area contributed by atoms with Gasteiger partial charge in [0, 0.05) is 10.6 Å². The van der Waals surface area contributed by atoms with Crippen LogP contribution in [-0.2, 0) is 4.79 Å². The molecule has 1 heterocycles. The SMILES string of the molecule is COc1c(C(=O)NC2(C(N)=O)CCCCC2)nn(-c2ccccc2Cl)c1-c1ccc(Cl)cc1. The Morgan fingerprint density at radius 2 is 1.73 bits per heavy atom. The number of primary amides is 1. The molecule has 4 rings (SSSR count). The molecule has 2 aromatic carbocycles. The maximum absolute atomic E-state index is 13.4. The average Bonchev–Trinajstić information content (AvgIpc) is 3.20. The molecule has 1 saturated carbocycles. The Labute approximate surface area is 201 Å². The molecule has 172 valence electrons. The second kappa shape index (κ2) is 9.45. The number of benzene rings is 2. The molecular weight excluding hydrogens is 463 g/mol. The second-order valence-electron chi connectivity index (χ2n) is 8.06. The zero-order valence-electron chi connectivity index (χ0n) is 18.1. The van der Waals surface area contributed by atoms with Gasteiger partial charge in [-0.15, -0.1) is 0 Å². The van der Waals surface area contributed by atoms with E-state index in [4.69, 9.17) is 33.7 Å². The van der Waals surface area contributed by atoms with Crippen LogP contribution >= 0.6 is 23.2 Å². The Morgan fingerprint density at radius 1 is 1.06 bits per heavy atom. The highest BCUT2D eigenvalue weighted by Crippen LogP contribution is 2.38. The minimum Gasteiger partial charge on any atom is -0.492 e. The average molecular weight is 487 g/mol. The summed E-state index contributed by atoms with van der Waals surface area (Å²) in [6, 6.07) is 14.3. The van der Waals surface area contributed by atoms with Crippen LogP contribution in [0.3, 0.4) is 0 Å². The van der Waals surface area contributed by atoms with Gasteiger partial charge in [-0.2, -0.15) is 5.10 Å². The van der Waals surface area contributed by atoms with Crippen molar-refractivity contribution in [1.29, 1.82) is 0 Å². The highest BCUT2D eigenvalue weighted by atomic mass is 35.5. The van der Waals surface area contributed by atoms with Crippen LogP contribution in [0.5, 0.6) is 5.75 Å². The van der Waals surface area contributed by atoms with Gasteiger partial charge in [0.25, 0.3) is 5.91 Å². The van der Waals surface area contributed by atoms with Gasteiger partial charge in [0.1, 0.15) is 11.2 Å². The van der Waals surface area contributed by atoms with Crippen molar-refractivity contribution in [3.63, 3.8) is 0 Å². The van der Waals surface area contributed by atoms with E-state index in [-0.39, 0.29) is 11.4 Å². The predicted octanol–water partition coefficient (Wildman–Crippen LogP) is 4.77. The number of methoxy groups -OCH3 is 1. The highest BCUT2D eigenvalue weighted by molar-refractivity contribution is 6.32.